The van der Waals surface area contributed by atoms with Crippen LogP contribution in [0.15, 0.2) is 40.1 Å². The van der Waals surface area contributed by atoms with Crippen molar-refractivity contribution >= 4 is 37.5 Å². The number of nitrogens with zero attached hydrogens (tertiary/aromatic N) is 2. The minimum Gasteiger partial charge on any atom is -0.384 e. The van der Waals surface area contributed by atoms with E-state index in [4.69, 9.17) is 0 Å². The minimum atomic E-state index is -3.64. The van der Waals surface area contributed by atoms with Crippen LogP contribution in [0.5, 0.6) is 0 Å². The first-order valence-electron chi connectivity index (χ1n) is 5.92. The van der Waals surface area contributed by atoms with Crippen LogP contribution in [0.2, 0.25) is 0 Å². The molecule has 0 fully saturated rings. The van der Waals surface area contributed by atoms with E-state index < -0.39 is 10.0 Å². The molecule has 0 saturated heterocycles. The summed E-state index contributed by atoms with van der Waals surface area (Å²) in [6, 6.07) is 5.04. The van der Waals surface area contributed by atoms with Crippen molar-refractivity contribution in [1.82, 2.24) is 9.97 Å². The van der Waals surface area contributed by atoms with Crippen LogP contribution in [0.4, 0.5) is 11.5 Å². The van der Waals surface area contributed by atoms with Gasteiger partial charge in [-0.2, -0.15) is 0 Å². The van der Waals surface area contributed by atoms with Gasteiger partial charge < -0.3 is 5.32 Å². The molecule has 20 heavy (non-hydrogen) atoms. The average molecular weight is 355 g/mol. The molecular formula is C12H11BrN4O2S. The van der Waals surface area contributed by atoms with Crippen LogP contribution in [0, 0.1) is 0 Å². The van der Waals surface area contributed by atoms with Crippen LogP contribution < -0.4 is 10.0 Å². The first-order chi connectivity index (χ1) is 9.54. The lowest BCUT2D eigenvalue weighted by molar-refractivity contribution is 0.601. The Morgan fingerprint density at radius 3 is 2.85 bits per heavy atom. The molecule has 0 unspecified atom stereocenters. The highest BCUT2D eigenvalue weighted by molar-refractivity contribution is 9.10. The van der Waals surface area contributed by atoms with Crippen molar-refractivity contribution in [2.45, 2.75) is 11.3 Å². The van der Waals surface area contributed by atoms with E-state index in [-0.39, 0.29) is 10.7 Å². The molecule has 0 amide bonds. The van der Waals surface area contributed by atoms with Gasteiger partial charge in [-0.05, 0) is 46.1 Å². The maximum absolute atomic E-state index is 12.3. The van der Waals surface area contributed by atoms with Gasteiger partial charge in [0.15, 0.2) is 5.82 Å². The number of rotatable bonds is 3. The van der Waals surface area contributed by atoms with Crippen LogP contribution >= 0.6 is 15.9 Å². The predicted octanol–water partition coefficient (Wildman–Crippen LogP) is 2.01. The Kier molecular flexibility index (Phi) is 3.35. The summed E-state index contributed by atoms with van der Waals surface area (Å²) in [7, 11) is -3.64. The summed E-state index contributed by atoms with van der Waals surface area (Å²) in [6.07, 6.45) is 3.62. The zero-order valence-electron chi connectivity index (χ0n) is 10.3. The lowest BCUT2D eigenvalue weighted by Gasteiger charge is -2.08. The summed E-state index contributed by atoms with van der Waals surface area (Å²) in [5.41, 5.74) is 2.00. The van der Waals surface area contributed by atoms with E-state index >= 15 is 0 Å². The number of sulfonamides is 1. The van der Waals surface area contributed by atoms with Gasteiger partial charge in [0.2, 0.25) is 0 Å². The zero-order valence-corrected chi connectivity index (χ0v) is 12.7. The number of halogens is 1. The Bertz CT molecular complexity index is 747. The Labute approximate surface area is 124 Å². The molecule has 1 aliphatic rings. The Hall–Kier alpha value is -1.67. The van der Waals surface area contributed by atoms with Crippen molar-refractivity contribution in [1.29, 1.82) is 0 Å². The standard InChI is InChI=1S/C12H11BrN4O2S/c13-11-6-16-12(7-15-11)17-20(18,19)9-1-2-10-8(5-9)3-4-14-10/h1-2,5-7,14H,3-4H2,(H,16,17). The third-order valence-electron chi connectivity index (χ3n) is 2.96. The van der Waals surface area contributed by atoms with Crippen LogP contribution in [0.1, 0.15) is 5.56 Å². The Morgan fingerprint density at radius 2 is 2.10 bits per heavy atom. The lowest BCUT2D eigenvalue weighted by atomic mass is 10.2. The Balaban J connectivity index is 1.90. The lowest BCUT2D eigenvalue weighted by Crippen LogP contribution is -2.14. The second-order valence-electron chi connectivity index (χ2n) is 4.33. The summed E-state index contributed by atoms with van der Waals surface area (Å²) >= 11 is 3.15. The molecule has 0 atom stereocenters. The average Bonchev–Trinajstić information content (AvgIpc) is 2.88. The quantitative estimate of drug-likeness (QED) is 0.880. The molecule has 2 aromatic rings. The van der Waals surface area contributed by atoms with Gasteiger partial charge in [-0.3, -0.25) is 4.72 Å². The molecule has 1 aromatic carbocycles. The normalized spacial score (nSPS) is 13.7. The summed E-state index contributed by atoms with van der Waals surface area (Å²) in [6.45, 7) is 0.838. The second kappa shape index (κ2) is 5.02. The van der Waals surface area contributed by atoms with Gasteiger partial charge in [0, 0.05) is 12.2 Å². The van der Waals surface area contributed by atoms with Crippen molar-refractivity contribution in [3.05, 3.63) is 40.8 Å². The maximum Gasteiger partial charge on any atom is 0.263 e. The van der Waals surface area contributed by atoms with E-state index in [2.05, 4.69) is 35.9 Å². The third-order valence-corrected chi connectivity index (χ3v) is 4.72. The van der Waals surface area contributed by atoms with Crippen LogP contribution in [-0.2, 0) is 16.4 Å². The van der Waals surface area contributed by atoms with E-state index in [9.17, 15) is 8.42 Å². The van der Waals surface area contributed by atoms with Crippen molar-refractivity contribution in [2.24, 2.45) is 0 Å². The molecule has 0 aliphatic carbocycles. The fourth-order valence-electron chi connectivity index (χ4n) is 2.01. The molecule has 2 N–H and O–H groups in total. The minimum absolute atomic E-state index is 0.187. The number of aromatic nitrogens is 2. The summed E-state index contributed by atoms with van der Waals surface area (Å²) in [5, 5.41) is 3.19. The van der Waals surface area contributed by atoms with Crippen molar-refractivity contribution in [3.8, 4) is 0 Å². The van der Waals surface area contributed by atoms with Crippen molar-refractivity contribution < 1.29 is 8.42 Å². The predicted molar refractivity (Wildman–Crippen MR) is 79.2 cm³/mol. The number of benzene rings is 1. The zero-order chi connectivity index (χ0) is 14.2. The maximum atomic E-state index is 12.3. The molecule has 1 aliphatic heterocycles. The molecular weight excluding hydrogens is 344 g/mol. The number of nitrogens with one attached hydrogen (secondary N) is 2. The van der Waals surface area contributed by atoms with Gasteiger partial charge in [-0.1, -0.05) is 0 Å². The second-order valence-corrected chi connectivity index (χ2v) is 6.82. The monoisotopic (exact) mass is 354 g/mol. The van der Waals surface area contributed by atoms with Crippen molar-refractivity contribution in [3.63, 3.8) is 0 Å². The molecule has 6 nitrogen and oxygen atoms in total. The first kappa shape index (κ1) is 13.3. The summed E-state index contributed by atoms with van der Waals surface area (Å²) in [5.74, 6) is 0.187. The highest BCUT2D eigenvalue weighted by Crippen LogP contribution is 2.25. The molecule has 104 valence electrons. The van der Waals surface area contributed by atoms with Crippen LogP contribution in [0.25, 0.3) is 0 Å². The number of fused-ring (bicyclic) bond motifs is 1. The first-order valence-corrected chi connectivity index (χ1v) is 8.19. The third kappa shape index (κ3) is 2.61. The smallest absolute Gasteiger partial charge is 0.263 e. The topological polar surface area (TPSA) is 84.0 Å². The highest BCUT2D eigenvalue weighted by atomic mass is 79.9. The molecule has 1 aromatic heterocycles. The molecule has 0 bridgehead atoms. The van der Waals surface area contributed by atoms with E-state index in [0.29, 0.717) is 4.60 Å². The van der Waals surface area contributed by atoms with Gasteiger partial charge in [-0.15, -0.1) is 0 Å². The van der Waals surface area contributed by atoms with Gasteiger partial charge >= 0.3 is 0 Å². The van der Waals surface area contributed by atoms with Gasteiger partial charge in [0.25, 0.3) is 10.0 Å². The largest absolute Gasteiger partial charge is 0.384 e. The van der Waals surface area contributed by atoms with Crippen LogP contribution in [-0.4, -0.2) is 24.9 Å². The molecule has 2 heterocycles. The van der Waals surface area contributed by atoms with E-state index in [1.54, 1.807) is 18.2 Å². The van der Waals surface area contributed by atoms with E-state index in [1.807, 2.05) is 0 Å². The number of hydrogen-bond donors (Lipinski definition) is 2. The SMILES string of the molecule is O=S(=O)(Nc1cnc(Br)cn1)c1ccc2c(c1)CCN2. The fraction of sp³-hybridized carbons (Fsp3) is 0.167. The van der Waals surface area contributed by atoms with Gasteiger partial charge in [0.05, 0.1) is 17.3 Å². The molecule has 3 rings (SSSR count). The fourth-order valence-corrected chi connectivity index (χ4v) is 3.26. The van der Waals surface area contributed by atoms with Gasteiger partial charge in [0.1, 0.15) is 4.60 Å². The highest BCUT2D eigenvalue weighted by Gasteiger charge is 2.18. The molecule has 8 heteroatoms. The van der Waals surface area contributed by atoms with E-state index in [0.717, 1.165) is 24.2 Å². The molecule has 0 saturated carbocycles. The molecule has 0 radical (unpaired) electrons. The van der Waals surface area contributed by atoms with E-state index in [1.165, 1.54) is 12.4 Å². The Morgan fingerprint density at radius 1 is 1.25 bits per heavy atom. The summed E-state index contributed by atoms with van der Waals surface area (Å²) in [4.78, 5) is 8.11. The number of anilines is 2. The van der Waals surface area contributed by atoms with Gasteiger partial charge in [-0.25, -0.2) is 18.4 Å². The van der Waals surface area contributed by atoms with Crippen LogP contribution in [0.3, 0.4) is 0 Å². The van der Waals surface area contributed by atoms with Crippen molar-refractivity contribution in [2.75, 3.05) is 16.6 Å². The molecule has 0 spiro atoms. The number of hydrogen-bond acceptors (Lipinski definition) is 5. The summed E-state index contributed by atoms with van der Waals surface area (Å²) < 4.78 is 27.5.